The van der Waals surface area contributed by atoms with Gasteiger partial charge in [0, 0.05) is 38.6 Å². The van der Waals surface area contributed by atoms with Crippen LogP contribution in [0, 0.1) is 0 Å². The first-order valence-electron chi connectivity index (χ1n) is 5.47. The molecule has 0 spiro atoms. The van der Waals surface area contributed by atoms with Crippen LogP contribution in [0.3, 0.4) is 0 Å². The predicted octanol–water partition coefficient (Wildman–Crippen LogP) is 0.360. The summed E-state index contributed by atoms with van der Waals surface area (Å²) in [6.45, 7) is 1.53. The molecule has 0 aliphatic heterocycles. The monoisotopic (exact) mass is 219 g/mol. The first kappa shape index (κ1) is 10.9. The molecular formula is C11H17N5. The molecule has 5 nitrogen and oxygen atoms in total. The quantitative estimate of drug-likeness (QED) is 0.790. The van der Waals surface area contributed by atoms with Crippen molar-refractivity contribution in [2.24, 2.45) is 12.8 Å². The maximum absolute atomic E-state index is 5.49. The summed E-state index contributed by atoms with van der Waals surface area (Å²) in [5.41, 5.74) is 6.69. The maximum atomic E-state index is 5.49. The lowest BCUT2D eigenvalue weighted by atomic mass is 10.3. The number of rotatable bonds is 5. The van der Waals surface area contributed by atoms with Crippen LogP contribution in [0.2, 0.25) is 0 Å². The number of nitrogens with zero attached hydrogens (tertiary/aromatic N) is 4. The molecule has 0 unspecified atom stereocenters. The molecule has 2 aromatic heterocycles. The second-order valence-electron chi connectivity index (χ2n) is 3.85. The molecule has 2 aromatic rings. The molecule has 2 N–H and O–H groups in total. The Bertz CT molecular complexity index is 443. The van der Waals surface area contributed by atoms with E-state index in [1.165, 1.54) is 5.56 Å². The van der Waals surface area contributed by atoms with Crippen LogP contribution in [0.15, 0.2) is 24.8 Å². The minimum Gasteiger partial charge on any atom is -0.338 e. The fraction of sp³-hybridized carbons (Fsp3) is 0.455. The normalized spacial score (nSPS) is 10.9. The van der Waals surface area contributed by atoms with E-state index in [0.717, 1.165) is 25.2 Å². The van der Waals surface area contributed by atoms with Crippen molar-refractivity contribution in [2.45, 2.75) is 19.4 Å². The van der Waals surface area contributed by atoms with E-state index in [1.807, 2.05) is 34.9 Å². The van der Waals surface area contributed by atoms with Gasteiger partial charge in [-0.3, -0.25) is 4.68 Å². The number of hydrogen-bond acceptors (Lipinski definition) is 3. The highest BCUT2D eigenvalue weighted by Crippen LogP contribution is 2.01. The first-order chi connectivity index (χ1) is 7.79. The molecule has 2 heterocycles. The van der Waals surface area contributed by atoms with Gasteiger partial charge in [0.1, 0.15) is 5.82 Å². The lowest BCUT2D eigenvalue weighted by Gasteiger charge is -2.01. The van der Waals surface area contributed by atoms with E-state index in [9.17, 15) is 0 Å². The molecule has 0 saturated heterocycles. The Kier molecular flexibility index (Phi) is 3.36. The molecule has 0 bridgehead atoms. The van der Waals surface area contributed by atoms with Crippen LogP contribution in [-0.4, -0.2) is 25.9 Å². The highest BCUT2D eigenvalue weighted by molar-refractivity contribution is 5.04. The topological polar surface area (TPSA) is 61.7 Å². The van der Waals surface area contributed by atoms with E-state index in [2.05, 4.69) is 16.3 Å². The van der Waals surface area contributed by atoms with Crippen LogP contribution in [0.1, 0.15) is 11.4 Å². The van der Waals surface area contributed by atoms with Crippen LogP contribution in [-0.2, 0) is 26.4 Å². The Hall–Kier alpha value is -1.62. The Balaban J connectivity index is 1.92. The molecule has 0 fully saturated rings. The van der Waals surface area contributed by atoms with Gasteiger partial charge in [-0.2, -0.15) is 5.10 Å². The lowest BCUT2D eigenvalue weighted by Crippen LogP contribution is -2.06. The Morgan fingerprint density at radius 3 is 2.94 bits per heavy atom. The highest BCUT2D eigenvalue weighted by Gasteiger charge is 2.01. The smallest absolute Gasteiger partial charge is 0.110 e. The molecular weight excluding hydrogens is 202 g/mol. The zero-order valence-electron chi connectivity index (χ0n) is 9.50. The lowest BCUT2D eigenvalue weighted by molar-refractivity contribution is 0.589. The fourth-order valence-electron chi connectivity index (χ4n) is 1.68. The van der Waals surface area contributed by atoms with Crippen molar-refractivity contribution in [3.8, 4) is 0 Å². The van der Waals surface area contributed by atoms with Crippen LogP contribution in [0.25, 0.3) is 0 Å². The minimum atomic E-state index is 0.672. The van der Waals surface area contributed by atoms with Gasteiger partial charge in [0.25, 0.3) is 0 Å². The summed E-state index contributed by atoms with van der Waals surface area (Å²) in [5.74, 6) is 1.08. The Morgan fingerprint density at radius 1 is 1.38 bits per heavy atom. The number of nitrogens with two attached hydrogens (primary N) is 1. The van der Waals surface area contributed by atoms with Gasteiger partial charge < -0.3 is 10.3 Å². The first-order valence-corrected chi connectivity index (χ1v) is 5.47. The van der Waals surface area contributed by atoms with Crippen molar-refractivity contribution in [3.05, 3.63) is 36.2 Å². The van der Waals surface area contributed by atoms with Crippen molar-refractivity contribution in [2.75, 3.05) is 6.54 Å². The highest BCUT2D eigenvalue weighted by atomic mass is 15.3. The number of imidazole rings is 1. The van der Waals surface area contributed by atoms with E-state index >= 15 is 0 Å². The van der Waals surface area contributed by atoms with E-state index in [-0.39, 0.29) is 0 Å². The summed E-state index contributed by atoms with van der Waals surface area (Å²) in [4.78, 5) is 4.28. The molecule has 0 radical (unpaired) electrons. The van der Waals surface area contributed by atoms with Gasteiger partial charge in [-0.1, -0.05) is 0 Å². The second kappa shape index (κ2) is 4.94. The molecule has 0 amide bonds. The summed E-state index contributed by atoms with van der Waals surface area (Å²) in [6, 6.07) is 0. The fourth-order valence-corrected chi connectivity index (χ4v) is 1.68. The number of aryl methyl sites for hydroxylation is 3. The van der Waals surface area contributed by atoms with Crippen molar-refractivity contribution >= 4 is 0 Å². The van der Waals surface area contributed by atoms with Gasteiger partial charge in [0.05, 0.1) is 6.20 Å². The average Bonchev–Trinajstić information content (AvgIpc) is 2.86. The molecule has 0 saturated carbocycles. The van der Waals surface area contributed by atoms with Gasteiger partial charge in [-0.05, 0) is 18.5 Å². The summed E-state index contributed by atoms with van der Waals surface area (Å²) in [5, 5.41) is 4.29. The summed E-state index contributed by atoms with van der Waals surface area (Å²) < 4.78 is 3.98. The Morgan fingerprint density at radius 2 is 2.25 bits per heavy atom. The number of aromatic nitrogens is 4. The third-order valence-corrected chi connectivity index (χ3v) is 2.61. The third kappa shape index (κ3) is 2.49. The SMILES string of the molecule is Cn1ccnc1CCn1cc(CCN)cn1. The van der Waals surface area contributed by atoms with E-state index in [4.69, 9.17) is 5.73 Å². The van der Waals surface area contributed by atoms with Crippen molar-refractivity contribution in [1.82, 2.24) is 19.3 Å². The third-order valence-electron chi connectivity index (χ3n) is 2.61. The molecule has 0 aromatic carbocycles. The summed E-state index contributed by atoms with van der Waals surface area (Å²) in [7, 11) is 2.01. The number of hydrogen-bond donors (Lipinski definition) is 1. The summed E-state index contributed by atoms with van der Waals surface area (Å²) >= 11 is 0. The van der Waals surface area contributed by atoms with Gasteiger partial charge in [0.15, 0.2) is 0 Å². The van der Waals surface area contributed by atoms with E-state index in [0.29, 0.717) is 6.54 Å². The molecule has 16 heavy (non-hydrogen) atoms. The van der Waals surface area contributed by atoms with Gasteiger partial charge in [-0.25, -0.2) is 4.98 Å². The average molecular weight is 219 g/mol. The minimum absolute atomic E-state index is 0.672. The molecule has 5 heteroatoms. The van der Waals surface area contributed by atoms with E-state index in [1.54, 1.807) is 0 Å². The molecule has 0 aliphatic rings. The molecule has 0 atom stereocenters. The van der Waals surface area contributed by atoms with Gasteiger partial charge >= 0.3 is 0 Å². The van der Waals surface area contributed by atoms with Crippen LogP contribution in [0.4, 0.5) is 0 Å². The van der Waals surface area contributed by atoms with Gasteiger partial charge in [0.2, 0.25) is 0 Å². The van der Waals surface area contributed by atoms with Crippen molar-refractivity contribution in [3.63, 3.8) is 0 Å². The predicted molar refractivity (Wildman–Crippen MR) is 61.9 cm³/mol. The largest absolute Gasteiger partial charge is 0.338 e. The Labute approximate surface area is 94.9 Å². The summed E-state index contributed by atoms with van der Waals surface area (Å²) in [6.07, 6.45) is 9.49. The van der Waals surface area contributed by atoms with Crippen molar-refractivity contribution < 1.29 is 0 Å². The van der Waals surface area contributed by atoms with Gasteiger partial charge in [-0.15, -0.1) is 0 Å². The van der Waals surface area contributed by atoms with E-state index < -0.39 is 0 Å². The van der Waals surface area contributed by atoms with Crippen LogP contribution in [0.5, 0.6) is 0 Å². The zero-order chi connectivity index (χ0) is 11.4. The standard InChI is InChI=1S/C11H17N5/c1-15-7-5-13-11(15)3-6-16-9-10(2-4-12)8-14-16/h5,7-9H,2-4,6,12H2,1H3. The molecule has 86 valence electrons. The van der Waals surface area contributed by atoms with Crippen LogP contribution >= 0.6 is 0 Å². The van der Waals surface area contributed by atoms with Crippen LogP contribution < -0.4 is 5.73 Å². The molecule has 0 aliphatic carbocycles. The second-order valence-corrected chi connectivity index (χ2v) is 3.85. The maximum Gasteiger partial charge on any atom is 0.110 e. The van der Waals surface area contributed by atoms with Crippen molar-refractivity contribution in [1.29, 1.82) is 0 Å². The zero-order valence-corrected chi connectivity index (χ0v) is 9.50. The molecule has 2 rings (SSSR count).